The number of halogens is 2. The van der Waals surface area contributed by atoms with Gasteiger partial charge in [0.25, 0.3) is 0 Å². The van der Waals surface area contributed by atoms with E-state index in [1.807, 2.05) is 0 Å². The molecule has 1 saturated carbocycles. The Balaban J connectivity index is 1.72. The van der Waals surface area contributed by atoms with E-state index in [-0.39, 0.29) is 35.2 Å². The molecule has 0 radical (unpaired) electrons. The Bertz CT molecular complexity index is 574. The molecule has 1 aromatic rings. The summed E-state index contributed by atoms with van der Waals surface area (Å²) in [5.74, 6) is -1.07. The molecule has 1 saturated heterocycles. The van der Waals surface area contributed by atoms with Gasteiger partial charge in [0.2, 0.25) is 11.8 Å². The summed E-state index contributed by atoms with van der Waals surface area (Å²) in [6, 6.07) is 4.42. The Morgan fingerprint density at radius 2 is 2.15 bits per heavy atom. The van der Waals surface area contributed by atoms with Gasteiger partial charge >= 0.3 is 0 Å². The first-order valence-corrected chi connectivity index (χ1v) is 6.98. The molecule has 3 rings (SSSR count). The van der Waals surface area contributed by atoms with Crippen LogP contribution in [0, 0.1) is 11.7 Å². The number of nitrogens with one attached hydrogen (secondary N) is 1. The van der Waals surface area contributed by atoms with Gasteiger partial charge in [0.15, 0.2) is 0 Å². The molecular weight excluding hydrogens is 283 g/mol. The van der Waals surface area contributed by atoms with Gasteiger partial charge in [-0.3, -0.25) is 9.59 Å². The Hall–Kier alpha value is -1.62. The lowest BCUT2D eigenvalue weighted by Gasteiger charge is -2.17. The van der Waals surface area contributed by atoms with Crippen LogP contribution in [0.3, 0.4) is 0 Å². The molecule has 2 aliphatic rings. The summed E-state index contributed by atoms with van der Waals surface area (Å²) in [5.41, 5.74) is 0.531. The first-order valence-electron chi connectivity index (χ1n) is 6.60. The summed E-state index contributed by atoms with van der Waals surface area (Å²) >= 11 is 5.72. The molecule has 1 N–H and O–H groups in total. The van der Waals surface area contributed by atoms with Crippen molar-refractivity contribution in [2.75, 3.05) is 11.4 Å². The third kappa shape index (κ3) is 2.63. The van der Waals surface area contributed by atoms with Gasteiger partial charge in [0.1, 0.15) is 5.82 Å². The van der Waals surface area contributed by atoms with E-state index in [9.17, 15) is 14.0 Å². The number of hydrogen-bond acceptors (Lipinski definition) is 2. The van der Waals surface area contributed by atoms with Gasteiger partial charge in [-0.25, -0.2) is 4.39 Å². The first kappa shape index (κ1) is 13.4. The molecule has 2 amide bonds. The highest BCUT2D eigenvalue weighted by molar-refractivity contribution is 6.31. The predicted octanol–water partition coefficient (Wildman–Crippen LogP) is 2.11. The van der Waals surface area contributed by atoms with Crippen LogP contribution in [0.4, 0.5) is 10.1 Å². The molecule has 0 bridgehead atoms. The fourth-order valence-corrected chi connectivity index (χ4v) is 2.51. The fraction of sp³-hybridized carbons (Fsp3) is 0.429. The van der Waals surface area contributed by atoms with Crippen molar-refractivity contribution in [3.63, 3.8) is 0 Å². The summed E-state index contributed by atoms with van der Waals surface area (Å²) in [6.07, 6.45) is 2.22. The van der Waals surface area contributed by atoms with Crippen LogP contribution in [-0.2, 0) is 9.59 Å². The van der Waals surface area contributed by atoms with Crippen molar-refractivity contribution < 1.29 is 14.0 Å². The highest BCUT2D eigenvalue weighted by Crippen LogP contribution is 2.29. The van der Waals surface area contributed by atoms with Gasteiger partial charge in [-0.05, 0) is 31.0 Å². The van der Waals surface area contributed by atoms with E-state index in [1.54, 1.807) is 0 Å². The van der Waals surface area contributed by atoms with E-state index in [0.29, 0.717) is 12.2 Å². The van der Waals surface area contributed by atoms with Crippen molar-refractivity contribution in [3.8, 4) is 0 Å². The van der Waals surface area contributed by atoms with Crippen LogP contribution in [-0.4, -0.2) is 24.4 Å². The molecule has 6 heteroatoms. The number of rotatable bonds is 3. The number of benzene rings is 1. The summed E-state index contributed by atoms with van der Waals surface area (Å²) < 4.78 is 13.1. The molecule has 1 heterocycles. The molecule has 1 atom stereocenters. The lowest BCUT2D eigenvalue weighted by molar-refractivity contribution is -0.126. The van der Waals surface area contributed by atoms with Crippen LogP contribution in [0.25, 0.3) is 0 Å². The maximum atomic E-state index is 13.1. The van der Waals surface area contributed by atoms with Crippen molar-refractivity contribution in [1.82, 2.24) is 5.32 Å². The van der Waals surface area contributed by atoms with Gasteiger partial charge in [0, 0.05) is 24.7 Å². The molecule has 0 aromatic heterocycles. The van der Waals surface area contributed by atoms with E-state index in [1.165, 1.54) is 23.1 Å². The maximum absolute atomic E-state index is 13.1. The van der Waals surface area contributed by atoms with Crippen LogP contribution in [0.2, 0.25) is 5.02 Å². The normalized spacial score (nSPS) is 22.2. The van der Waals surface area contributed by atoms with Crippen LogP contribution in [0.1, 0.15) is 19.3 Å². The molecular formula is C14H14ClFN2O2. The van der Waals surface area contributed by atoms with Crippen molar-refractivity contribution in [1.29, 1.82) is 0 Å². The second-order valence-electron chi connectivity index (χ2n) is 5.29. The monoisotopic (exact) mass is 296 g/mol. The number of carbonyl (C=O) groups is 2. The summed E-state index contributed by atoms with van der Waals surface area (Å²) in [4.78, 5) is 25.4. The van der Waals surface area contributed by atoms with Gasteiger partial charge in [0.05, 0.1) is 10.9 Å². The average Bonchev–Trinajstić information content (AvgIpc) is 3.13. The SMILES string of the molecule is O=C(NC1CC1)C1CC(=O)N(c2ccc(F)c(Cl)c2)C1. The molecule has 4 nitrogen and oxygen atoms in total. The maximum Gasteiger partial charge on any atom is 0.227 e. The van der Waals surface area contributed by atoms with Crippen molar-refractivity contribution >= 4 is 29.1 Å². The van der Waals surface area contributed by atoms with Crippen molar-refractivity contribution in [2.45, 2.75) is 25.3 Å². The van der Waals surface area contributed by atoms with E-state index < -0.39 is 5.82 Å². The lowest BCUT2D eigenvalue weighted by atomic mass is 10.1. The molecule has 1 aliphatic carbocycles. The van der Waals surface area contributed by atoms with Crippen LogP contribution in [0.15, 0.2) is 18.2 Å². The fourth-order valence-electron chi connectivity index (χ4n) is 2.33. The van der Waals surface area contributed by atoms with Crippen molar-refractivity contribution in [2.24, 2.45) is 5.92 Å². The van der Waals surface area contributed by atoms with Gasteiger partial charge in [-0.2, -0.15) is 0 Å². The highest BCUT2D eigenvalue weighted by atomic mass is 35.5. The van der Waals surface area contributed by atoms with Gasteiger partial charge in [-0.1, -0.05) is 11.6 Å². The van der Waals surface area contributed by atoms with Gasteiger partial charge in [-0.15, -0.1) is 0 Å². The molecule has 2 fully saturated rings. The first-order chi connectivity index (χ1) is 9.54. The average molecular weight is 297 g/mol. The summed E-state index contributed by atoms with van der Waals surface area (Å²) in [7, 11) is 0. The molecule has 1 aliphatic heterocycles. The number of hydrogen-bond donors (Lipinski definition) is 1. The van der Waals surface area contributed by atoms with Crippen LogP contribution < -0.4 is 10.2 Å². The zero-order chi connectivity index (χ0) is 14.3. The molecule has 1 unspecified atom stereocenters. The number of anilines is 1. The van der Waals surface area contributed by atoms with E-state index in [4.69, 9.17) is 11.6 Å². The third-order valence-electron chi connectivity index (χ3n) is 3.63. The second kappa shape index (κ2) is 5.05. The van der Waals surface area contributed by atoms with E-state index in [2.05, 4.69) is 5.32 Å². The summed E-state index contributed by atoms with van der Waals surface area (Å²) in [5, 5.41) is 2.88. The minimum atomic E-state index is -0.523. The quantitative estimate of drug-likeness (QED) is 0.929. The minimum absolute atomic E-state index is 0.0267. The standard InChI is InChI=1S/C14H14ClFN2O2/c15-11-6-10(3-4-12(11)16)18-7-8(5-13(18)19)14(20)17-9-1-2-9/h3-4,6,8-9H,1-2,5,7H2,(H,17,20). The van der Waals surface area contributed by atoms with Crippen LogP contribution >= 0.6 is 11.6 Å². The van der Waals surface area contributed by atoms with E-state index >= 15 is 0 Å². The minimum Gasteiger partial charge on any atom is -0.353 e. The third-order valence-corrected chi connectivity index (χ3v) is 3.92. The Labute approximate surface area is 120 Å². The largest absolute Gasteiger partial charge is 0.353 e. The second-order valence-corrected chi connectivity index (χ2v) is 5.69. The Kier molecular flexibility index (Phi) is 3.38. The highest BCUT2D eigenvalue weighted by Gasteiger charge is 2.37. The zero-order valence-corrected chi connectivity index (χ0v) is 11.5. The molecule has 1 aromatic carbocycles. The smallest absolute Gasteiger partial charge is 0.227 e. The molecule has 0 spiro atoms. The molecule has 20 heavy (non-hydrogen) atoms. The van der Waals surface area contributed by atoms with Crippen molar-refractivity contribution in [3.05, 3.63) is 29.0 Å². The number of carbonyl (C=O) groups excluding carboxylic acids is 2. The van der Waals surface area contributed by atoms with Gasteiger partial charge < -0.3 is 10.2 Å². The topological polar surface area (TPSA) is 49.4 Å². The number of amides is 2. The van der Waals surface area contributed by atoms with Crippen LogP contribution in [0.5, 0.6) is 0 Å². The predicted molar refractivity (Wildman–Crippen MR) is 73.0 cm³/mol. The van der Waals surface area contributed by atoms with E-state index in [0.717, 1.165) is 12.8 Å². The Morgan fingerprint density at radius 1 is 1.40 bits per heavy atom. The summed E-state index contributed by atoms with van der Waals surface area (Å²) in [6.45, 7) is 0.319. The Morgan fingerprint density at radius 3 is 2.80 bits per heavy atom. The lowest BCUT2D eigenvalue weighted by Crippen LogP contribution is -2.34. The molecule has 106 valence electrons. The number of nitrogens with zero attached hydrogens (tertiary/aromatic N) is 1. The zero-order valence-electron chi connectivity index (χ0n) is 10.7.